The quantitative estimate of drug-likeness (QED) is 0.168. The molecule has 3 N–H and O–H groups in total. The second-order valence-electron chi connectivity index (χ2n) is 6.77. The molecule has 1 aromatic heterocycles. The summed E-state index contributed by atoms with van der Waals surface area (Å²) in [7, 11) is 1.91. The van der Waals surface area contributed by atoms with E-state index in [1.165, 1.54) is 0 Å². The highest BCUT2D eigenvalue weighted by molar-refractivity contribution is 14.0. The van der Waals surface area contributed by atoms with Gasteiger partial charge in [-0.2, -0.15) is 0 Å². The normalized spacial score (nSPS) is 11.4. The van der Waals surface area contributed by atoms with E-state index < -0.39 is 11.7 Å². The Labute approximate surface area is 178 Å². The minimum Gasteiger partial charge on any atom is -0.444 e. The predicted molar refractivity (Wildman–Crippen MR) is 117 cm³/mol. The molecule has 154 valence electrons. The molecular weight excluding hydrogens is 461 g/mol. The second kappa shape index (κ2) is 12.5. The van der Waals surface area contributed by atoms with Gasteiger partial charge in [0.25, 0.3) is 0 Å². The standard InChI is InChI=1S/C17H31N7O2.HI/c1-7-9-18-15(21-12-14-23-22-13(2)24(14)6)19-10-8-11-20-16(25)26-17(3,4)5;/h7H,1,8-12H2,2-6H3,(H,20,25)(H2,18,19,21);1H. The molecule has 1 aromatic rings. The van der Waals surface area contributed by atoms with Gasteiger partial charge in [0, 0.05) is 26.7 Å². The molecule has 9 nitrogen and oxygen atoms in total. The van der Waals surface area contributed by atoms with Crippen LogP contribution < -0.4 is 16.0 Å². The molecule has 10 heteroatoms. The van der Waals surface area contributed by atoms with Gasteiger partial charge >= 0.3 is 6.09 Å². The van der Waals surface area contributed by atoms with Crippen molar-refractivity contribution in [2.75, 3.05) is 19.6 Å². The second-order valence-corrected chi connectivity index (χ2v) is 6.77. The number of aliphatic imine (C=N–C) groups is 1. The van der Waals surface area contributed by atoms with Gasteiger partial charge in [-0.05, 0) is 34.1 Å². The fourth-order valence-corrected chi connectivity index (χ4v) is 1.88. The van der Waals surface area contributed by atoms with Crippen LogP contribution in [0.5, 0.6) is 0 Å². The van der Waals surface area contributed by atoms with Crippen LogP contribution in [0.3, 0.4) is 0 Å². The number of aromatic nitrogens is 3. The maximum Gasteiger partial charge on any atom is 0.407 e. The number of hydrogen-bond acceptors (Lipinski definition) is 5. The lowest BCUT2D eigenvalue weighted by Gasteiger charge is -2.19. The van der Waals surface area contributed by atoms with E-state index in [4.69, 9.17) is 4.74 Å². The van der Waals surface area contributed by atoms with Gasteiger partial charge in [0.15, 0.2) is 11.8 Å². The summed E-state index contributed by atoms with van der Waals surface area (Å²) in [6, 6.07) is 0. The van der Waals surface area contributed by atoms with Gasteiger partial charge in [0.1, 0.15) is 18.0 Å². The van der Waals surface area contributed by atoms with Crippen LogP contribution in [0, 0.1) is 6.92 Å². The molecule has 0 aliphatic carbocycles. The highest BCUT2D eigenvalue weighted by Gasteiger charge is 2.15. The summed E-state index contributed by atoms with van der Waals surface area (Å²) in [5.41, 5.74) is -0.491. The number of rotatable bonds is 8. The Kier molecular flexibility index (Phi) is 11.7. The fraction of sp³-hybridized carbons (Fsp3) is 0.647. The van der Waals surface area contributed by atoms with Crippen LogP contribution >= 0.6 is 24.0 Å². The van der Waals surface area contributed by atoms with Crippen molar-refractivity contribution < 1.29 is 9.53 Å². The van der Waals surface area contributed by atoms with Crippen LogP contribution in [-0.4, -0.2) is 52.1 Å². The largest absolute Gasteiger partial charge is 0.444 e. The Morgan fingerprint density at radius 3 is 2.48 bits per heavy atom. The highest BCUT2D eigenvalue weighted by atomic mass is 127. The molecule has 0 atom stereocenters. The monoisotopic (exact) mass is 493 g/mol. The third-order valence-corrected chi connectivity index (χ3v) is 3.29. The number of nitrogens with zero attached hydrogens (tertiary/aromatic N) is 4. The van der Waals surface area contributed by atoms with Gasteiger partial charge in [0.05, 0.1) is 0 Å². The van der Waals surface area contributed by atoms with Crippen LogP contribution in [0.25, 0.3) is 0 Å². The number of carbonyl (C=O) groups is 1. The zero-order valence-corrected chi connectivity index (χ0v) is 19.2. The number of alkyl carbamates (subject to hydrolysis) is 1. The van der Waals surface area contributed by atoms with E-state index in [0.29, 0.717) is 32.1 Å². The number of carbonyl (C=O) groups excluding carboxylic acids is 1. The van der Waals surface area contributed by atoms with Gasteiger partial charge in [-0.15, -0.1) is 40.8 Å². The first-order valence-corrected chi connectivity index (χ1v) is 8.67. The number of guanidine groups is 1. The molecule has 0 radical (unpaired) electrons. The number of amides is 1. The van der Waals surface area contributed by atoms with Gasteiger partial charge in [-0.25, -0.2) is 9.79 Å². The molecule has 1 amide bonds. The van der Waals surface area contributed by atoms with Gasteiger partial charge in [-0.1, -0.05) is 6.08 Å². The summed E-state index contributed by atoms with van der Waals surface area (Å²) < 4.78 is 7.09. The van der Waals surface area contributed by atoms with E-state index >= 15 is 0 Å². The first kappa shape index (κ1) is 25.1. The molecule has 0 saturated heterocycles. The molecule has 0 spiro atoms. The fourth-order valence-electron chi connectivity index (χ4n) is 1.88. The van der Waals surface area contributed by atoms with E-state index in [9.17, 15) is 4.79 Å². The minimum absolute atomic E-state index is 0. The molecule has 1 rings (SSSR count). The number of halogens is 1. The molecule has 1 heterocycles. The molecule has 0 unspecified atom stereocenters. The topological polar surface area (TPSA) is 105 Å². The average molecular weight is 493 g/mol. The van der Waals surface area contributed by atoms with Crippen LogP contribution in [0.1, 0.15) is 38.8 Å². The van der Waals surface area contributed by atoms with Crippen LogP contribution in [0.15, 0.2) is 17.6 Å². The molecular formula is C17H32IN7O2. The predicted octanol–water partition coefficient (Wildman–Crippen LogP) is 1.88. The lowest BCUT2D eigenvalue weighted by atomic mass is 10.2. The van der Waals surface area contributed by atoms with E-state index in [2.05, 4.69) is 37.7 Å². The van der Waals surface area contributed by atoms with Crippen molar-refractivity contribution in [2.45, 2.75) is 46.3 Å². The SMILES string of the molecule is C=CCNC(=NCc1nnc(C)n1C)NCCCNC(=O)OC(C)(C)C.I. The van der Waals surface area contributed by atoms with Crippen LogP contribution in [-0.2, 0) is 18.3 Å². The van der Waals surface area contributed by atoms with Crippen molar-refractivity contribution in [2.24, 2.45) is 12.0 Å². The Hall–Kier alpha value is -1.85. The van der Waals surface area contributed by atoms with E-state index in [0.717, 1.165) is 18.1 Å². The first-order chi connectivity index (χ1) is 12.2. The minimum atomic E-state index is -0.491. The molecule has 0 aliphatic rings. The summed E-state index contributed by atoms with van der Waals surface area (Å²) in [5.74, 6) is 2.29. The van der Waals surface area contributed by atoms with Crippen molar-refractivity contribution in [1.29, 1.82) is 0 Å². The van der Waals surface area contributed by atoms with Crippen LogP contribution in [0.4, 0.5) is 4.79 Å². The Morgan fingerprint density at radius 1 is 1.26 bits per heavy atom. The Balaban J connectivity index is 0.00000676. The number of aryl methyl sites for hydroxylation is 1. The average Bonchev–Trinajstić information content (AvgIpc) is 2.86. The molecule has 0 fully saturated rings. The summed E-state index contributed by atoms with van der Waals surface area (Å²) in [6.07, 6.45) is 2.08. The van der Waals surface area contributed by atoms with E-state index in [1.54, 1.807) is 6.08 Å². The van der Waals surface area contributed by atoms with Crippen molar-refractivity contribution in [3.63, 3.8) is 0 Å². The van der Waals surface area contributed by atoms with Gasteiger partial charge < -0.3 is 25.3 Å². The molecule has 0 aromatic carbocycles. The van der Waals surface area contributed by atoms with Crippen molar-refractivity contribution >= 4 is 36.0 Å². The summed E-state index contributed by atoms with van der Waals surface area (Å²) >= 11 is 0. The lowest BCUT2D eigenvalue weighted by molar-refractivity contribution is 0.0527. The Morgan fingerprint density at radius 2 is 1.93 bits per heavy atom. The number of nitrogens with one attached hydrogen (secondary N) is 3. The highest BCUT2D eigenvalue weighted by Crippen LogP contribution is 2.06. The third kappa shape index (κ3) is 10.8. The summed E-state index contributed by atoms with van der Waals surface area (Å²) in [5, 5.41) is 17.2. The van der Waals surface area contributed by atoms with Crippen molar-refractivity contribution in [3.8, 4) is 0 Å². The Bertz CT molecular complexity index is 623. The summed E-state index contributed by atoms with van der Waals surface area (Å²) in [6.45, 7) is 13.3. The zero-order valence-electron chi connectivity index (χ0n) is 16.8. The maximum absolute atomic E-state index is 11.6. The van der Waals surface area contributed by atoms with Crippen LogP contribution in [0.2, 0.25) is 0 Å². The lowest BCUT2D eigenvalue weighted by Crippen LogP contribution is -2.39. The van der Waals surface area contributed by atoms with E-state index in [-0.39, 0.29) is 24.0 Å². The number of ether oxygens (including phenoxy) is 1. The van der Waals surface area contributed by atoms with Crippen molar-refractivity contribution in [3.05, 3.63) is 24.3 Å². The maximum atomic E-state index is 11.6. The summed E-state index contributed by atoms with van der Waals surface area (Å²) in [4.78, 5) is 16.1. The zero-order chi connectivity index (χ0) is 19.6. The molecule has 0 aliphatic heterocycles. The van der Waals surface area contributed by atoms with Gasteiger partial charge in [-0.3, -0.25) is 0 Å². The first-order valence-electron chi connectivity index (χ1n) is 8.67. The molecule has 0 saturated carbocycles. The van der Waals surface area contributed by atoms with E-state index in [1.807, 2.05) is 39.3 Å². The molecule has 0 bridgehead atoms. The smallest absolute Gasteiger partial charge is 0.407 e. The van der Waals surface area contributed by atoms with Gasteiger partial charge in [0.2, 0.25) is 0 Å². The third-order valence-electron chi connectivity index (χ3n) is 3.29. The molecule has 27 heavy (non-hydrogen) atoms. The van der Waals surface area contributed by atoms with Crippen molar-refractivity contribution in [1.82, 2.24) is 30.7 Å². The number of hydrogen-bond donors (Lipinski definition) is 3.